The Morgan fingerprint density at radius 1 is 0.905 bits per heavy atom. The molecular weight excluding hydrogens is 260 g/mol. The summed E-state index contributed by atoms with van der Waals surface area (Å²) in [5.74, 6) is 0. The van der Waals surface area contributed by atoms with Crippen LogP contribution in [0.5, 0.6) is 0 Å². The average molecular weight is 296 g/mol. The van der Waals surface area contributed by atoms with Crippen molar-refractivity contribution >= 4 is 0 Å². The summed E-state index contributed by atoms with van der Waals surface area (Å²) in [7, 11) is 0. The van der Waals surface area contributed by atoms with Gasteiger partial charge in [-0.3, -0.25) is 0 Å². The van der Waals surface area contributed by atoms with Gasteiger partial charge in [0.1, 0.15) is 0 Å². The molecule has 1 aliphatic heterocycles. The van der Waals surface area contributed by atoms with E-state index < -0.39 is 5.60 Å². The van der Waals surface area contributed by atoms with Crippen LogP contribution in [0.4, 0.5) is 0 Å². The van der Waals surface area contributed by atoms with Gasteiger partial charge in [-0.05, 0) is 52.5 Å². The normalized spacial score (nSPS) is 32.4. The molecule has 0 aromatic carbocycles. The lowest BCUT2D eigenvalue weighted by molar-refractivity contribution is -0.104. The summed E-state index contributed by atoms with van der Waals surface area (Å²) < 4.78 is 0. The molecule has 2 fully saturated rings. The molecule has 1 atom stereocenters. The molecule has 0 aromatic rings. The van der Waals surface area contributed by atoms with Gasteiger partial charge >= 0.3 is 0 Å². The molecule has 0 amide bonds. The van der Waals surface area contributed by atoms with Crippen molar-refractivity contribution < 1.29 is 5.11 Å². The Balaban J connectivity index is 2.13. The Hall–Kier alpha value is -0.120. The predicted molar refractivity (Wildman–Crippen MR) is 89.3 cm³/mol. The molecule has 1 heterocycles. The third kappa shape index (κ3) is 3.80. The van der Waals surface area contributed by atoms with E-state index in [9.17, 15) is 5.11 Å². The fourth-order valence-electron chi connectivity index (χ4n) is 4.63. The first-order valence-corrected chi connectivity index (χ1v) is 9.19. The average Bonchev–Trinajstić information content (AvgIpc) is 2.62. The molecule has 3 nitrogen and oxygen atoms in total. The van der Waals surface area contributed by atoms with Gasteiger partial charge in [-0.15, -0.1) is 0 Å². The van der Waals surface area contributed by atoms with Crippen molar-refractivity contribution in [2.75, 3.05) is 19.6 Å². The molecule has 124 valence electrons. The molecule has 0 radical (unpaired) electrons. The summed E-state index contributed by atoms with van der Waals surface area (Å²) >= 11 is 0. The molecule has 1 aliphatic carbocycles. The maximum atomic E-state index is 11.5. The minimum Gasteiger partial charge on any atom is -0.389 e. The van der Waals surface area contributed by atoms with Crippen molar-refractivity contribution in [2.24, 2.45) is 11.1 Å². The molecule has 3 heteroatoms. The SMILES string of the molecule is CC(C)N1CCCC(O)(C2(CN)CCCCCCC2)CC1. The van der Waals surface area contributed by atoms with Crippen LogP contribution in [-0.2, 0) is 0 Å². The molecule has 2 rings (SSSR count). The van der Waals surface area contributed by atoms with Crippen molar-refractivity contribution in [1.82, 2.24) is 4.90 Å². The maximum absolute atomic E-state index is 11.5. The fraction of sp³-hybridized carbons (Fsp3) is 1.00. The van der Waals surface area contributed by atoms with E-state index in [4.69, 9.17) is 5.73 Å². The lowest BCUT2D eigenvalue weighted by Crippen LogP contribution is -2.53. The Morgan fingerprint density at radius 3 is 2.10 bits per heavy atom. The minimum atomic E-state index is -0.539. The standard InChI is InChI=1S/C18H36N2O/c1-16(2)20-13-8-11-18(21,12-14-20)17(15-19)9-6-4-3-5-7-10-17/h16,21H,3-15,19H2,1-2H3. The van der Waals surface area contributed by atoms with Gasteiger partial charge in [-0.2, -0.15) is 0 Å². The molecule has 1 saturated carbocycles. The topological polar surface area (TPSA) is 49.5 Å². The highest BCUT2D eigenvalue weighted by molar-refractivity contribution is 5.01. The van der Waals surface area contributed by atoms with Gasteiger partial charge in [0.15, 0.2) is 0 Å². The largest absolute Gasteiger partial charge is 0.389 e. The molecular formula is C18H36N2O. The molecule has 1 saturated heterocycles. The summed E-state index contributed by atoms with van der Waals surface area (Å²) in [4.78, 5) is 2.52. The van der Waals surface area contributed by atoms with Crippen molar-refractivity contribution in [2.45, 2.75) is 89.7 Å². The highest BCUT2D eigenvalue weighted by Gasteiger charge is 2.48. The van der Waals surface area contributed by atoms with E-state index in [1.54, 1.807) is 0 Å². The number of rotatable bonds is 3. The zero-order valence-corrected chi connectivity index (χ0v) is 14.2. The van der Waals surface area contributed by atoms with Crippen LogP contribution in [0.2, 0.25) is 0 Å². The van der Waals surface area contributed by atoms with Crippen LogP contribution in [0.1, 0.15) is 78.1 Å². The highest BCUT2D eigenvalue weighted by Crippen LogP contribution is 2.47. The van der Waals surface area contributed by atoms with Crippen molar-refractivity contribution in [3.8, 4) is 0 Å². The summed E-state index contributed by atoms with van der Waals surface area (Å²) in [6.07, 6.45) is 11.7. The Kier molecular flexibility index (Phi) is 6.10. The smallest absolute Gasteiger partial charge is 0.0728 e. The van der Waals surface area contributed by atoms with E-state index in [2.05, 4.69) is 18.7 Å². The molecule has 2 aliphatic rings. The monoisotopic (exact) mass is 296 g/mol. The third-order valence-electron chi connectivity index (χ3n) is 6.27. The number of nitrogens with two attached hydrogens (primary N) is 1. The molecule has 0 bridgehead atoms. The van der Waals surface area contributed by atoms with Crippen LogP contribution in [0.25, 0.3) is 0 Å². The van der Waals surface area contributed by atoms with Crippen LogP contribution in [0.15, 0.2) is 0 Å². The molecule has 0 aromatic heterocycles. The van der Waals surface area contributed by atoms with Gasteiger partial charge in [0.25, 0.3) is 0 Å². The van der Waals surface area contributed by atoms with Gasteiger partial charge in [0, 0.05) is 24.5 Å². The van der Waals surface area contributed by atoms with Gasteiger partial charge in [0.2, 0.25) is 0 Å². The van der Waals surface area contributed by atoms with Crippen molar-refractivity contribution in [3.63, 3.8) is 0 Å². The van der Waals surface area contributed by atoms with Gasteiger partial charge in [0.05, 0.1) is 5.60 Å². The number of nitrogens with zero attached hydrogens (tertiary/aromatic N) is 1. The van der Waals surface area contributed by atoms with E-state index in [0.29, 0.717) is 12.6 Å². The van der Waals surface area contributed by atoms with E-state index in [1.807, 2.05) is 0 Å². The van der Waals surface area contributed by atoms with E-state index in [0.717, 1.165) is 45.2 Å². The lowest BCUT2D eigenvalue weighted by Gasteiger charge is -2.48. The summed E-state index contributed by atoms with van der Waals surface area (Å²) in [5.41, 5.74) is 5.68. The summed E-state index contributed by atoms with van der Waals surface area (Å²) in [6, 6.07) is 0.582. The summed E-state index contributed by atoms with van der Waals surface area (Å²) in [5, 5.41) is 11.5. The summed E-state index contributed by atoms with van der Waals surface area (Å²) in [6.45, 7) is 7.33. The van der Waals surface area contributed by atoms with Crippen LogP contribution in [0, 0.1) is 5.41 Å². The zero-order chi connectivity index (χ0) is 15.3. The fourth-order valence-corrected chi connectivity index (χ4v) is 4.63. The Morgan fingerprint density at radius 2 is 1.52 bits per heavy atom. The Labute approximate surface area is 131 Å². The second-order valence-electron chi connectivity index (χ2n) is 7.77. The second kappa shape index (κ2) is 7.43. The van der Waals surface area contributed by atoms with E-state index in [-0.39, 0.29) is 5.41 Å². The number of hydrogen-bond acceptors (Lipinski definition) is 3. The highest BCUT2D eigenvalue weighted by atomic mass is 16.3. The van der Waals surface area contributed by atoms with E-state index in [1.165, 1.54) is 32.1 Å². The van der Waals surface area contributed by atoms with Gasteiger partial charge in [-0.1, -0.05) is 32.1 Å². The second-order valence-corrected chi connectivity index (χ2v) is 7.77. The molecule has 1 unspecified atom stereocenters. The number of hydrogen-bond donors (Lipinski definition) is 2. The lowest BCUT2D eigenvalue weighted by atomic mass is 9.62. The molecule has 3 N–H and O–H groups in total. The predicted octanol–water partition coefficient (Wildman–Crippen LogP) is 3.30. The first-order valence-electron chi connectivity index (χ1n) is 9.19. The van der Waals surface area contributed by atoms with Gasteiger partial charge in [-0.25, -0.2) is 0 Å². The minimum absolute atomic E-state index is 0.0274. The van der Waals surface area contributed by atoms with Crippen LogP contribution in [0.3, 0.4) is 0 Å². The number of likely N-dealkylation sites (tertiary alicyclic amines) is 1. The van der Waals surface area contributed by atoms with Crippen LogP contribution >= 0.6 is 0 Å². The molecule has 0 spiro atoms. The maximum Gasteiger partial charge on any atom is 0.0728 e. The zero-order valence-electron chi connectivity index (χ0n) is 14.2. The molecule has 21 heavy (non-hydrogen) atoms. The first kappa shape index (κ1) is 17.2. The number of aliphatic hydroxyl groups is 1. The quantitative estimate of drug-likeness (QED) is 0.840. The van der Waals surface area contributed by atoms with Crippen LogP contribution in [-0.4, -0.2) is 41.3 Å². The van der Waals surface area contributed by atoms with Gasteiger partial charge < -0.3 is 15.7 Å². The third-order valence-corrected chi connectivity index (χ3v) is 6.27. The first-order chi connectivity index (χ1) is 10.0. The van der Waals surface area contributed by atoms with Crippen LogP contribution < -0.4 is 5.73 Å². The van der Waals surface area contributed by atoms with Crippen molar-refractivity contribution in [1.29, 1.82) is 0 Å². The van der Waals surface area contributed by atoms with Crippen molar-refractivity contribution in [3.05, 3.63) is 0 Å². The Bertz CT molecular complexity index is 310. The van der Waals surface area contributed by atoms with E-state index >= 15 is 0 Å².